The van der Waals surface area contributed by atoms with Crippen molar-refractivity contribution in [3.63, 3.8) is 0 Å². The summed E-state index contributed by atoms with van der Waals surface area (Å²) < 4.78 is 50.9. The van der Waals surface area contributed by atoms with Crippen LogP contribution in [0.25, 0.3) is 0 Å². The molecule has 0 spiro atoms. The zero-order valence-corrected chi connectivity index (χ0v) is 11.6. The molecule has 0 saturated heterocycles. The van der Waals surface area contributed by atoms with E-state index in [1.54, 1.807) is 13.8 Å². The molecule has 1 rings (SSSR count). The highest BCUT2D eigenvalue weighted by molar-refractivity contribution is 7.89. The molecule has 0 aliphatic carbocycles. The topological polar surface area (TPSA) is 101 Å². The Balaban J connectivity index is 2.93. The number of alkyl halides is 2. The summed E-state index contributed by atoms with van der Waals surface area (Å²) in [6.07, 6.45) is -0.849. The first-order valence-corrected chi connectivity index (χ1v) is 7.17. The van der Waals surface area contributed by atoms with E-state index >= 15 is 0 Å². The smallest absolute Gasteiger partial charge is 0.322 e. The number of aromatic nitrogens is 2. The van der Waals surface area contributed by atoms with Crippen LogP contribution in [0.2, 0.25) is 0 Å². The first kappa shape index (κ1) is 16.5. The van der Waals surface area contributed by atoms with Gasteiger partial charge in [0.1, 0.15) is 17.5 Å². The molecule has 0 aliphatic heterocycles. The van der Waals surface area contributed by atoms with Crippen molar-refractivity contribution in [2.24, 2.45) is 5.92 Å². The van der Waals surface area contributed by atoms with Crippen molar-refractivity contribution in [1.29, 1.82) is 0 Å². The molecule has 0 radical (unpaired) electrons. The van der Waals surface area contributed by atoms with E-state index in [2.05, 4.69) is 5.10 Å². The van der Waals surface area contributed by atoms with Crippen molar-refractivity contribution < 1.29 is 27.1 Å². The molecule has 0 amide bonds. The van der Waals surface area contributed by atoms with E-state index in [4.69, 9.17) is 5.11 Å². The number of nitrogens with one attached hydrogen (secondary N) is 1. The molecule has 1 heterocycles. The van der Waals surface area contributed by atoms with Gasteiger partial charge in [0.05, 0.1) is 6.20 Å². The number of hydrogen-bond donors (Lipinski definition) is 2. The van der Waals surface area contributed by atoms with Gasteiger partial charge in [-0.05, 0) is 5.92 Å². The first-order chi connectivity index (χ1) is 9.13. The number of nitrogens with zero attached hydrogens (tertiary/aromatic N) is 2. The Morgan fingerprint density at radius 1 is 1.50 bits per heavy atom. The van der Waals surface area contributed by atoms with Gasteiger partial charge in [-0.2, -0.15) is 9.82 Å². The Morgan fingerprint density at radius 2 is 2.10 bits per heavy atom. The summed E-state index contributed by atoms with van der Waals surface area (Å²) in [5.41, 5.74) is 0. The Kier molecular flexibility index (Phi) is 5.17. The summed E-state index contributed by atoms with van der Waals surface area (Å²) in [7, 11) is -4.12. The minimum atomic E-state index is -4.12. The summed E-state index contributed by atoms with van der Waals surface area (Å²) in [6, 6.07) is -1.31. The molecule has 0 aliphatic rings. The highest BCUT2D eigenvalue weighted by Gasteiger charge is 2.28. The number of hydrogen-bond acceptors (Lipinski definition) is 4. The fraction of sp³-hybridized carbons (Fsp3) is 0.600. The number of carboxylic acid groups (broad SMARTS) is 1. The molecule has 114 valence electrons. The summed E-state index contributed by atoms with van der Waals surface area (Å²) in [5, 5.41) is 12.4. The fourth-order valence-corrected chi connectivity index (χ4v) is 2.72. The van der Waals surface area contributed by atoms with Crippen molar-refractivity contribution in [2.75, 3.05) is 0 Å². The normalized spacial score (nSPS) is 13.9. The molecule has 7 nitrogen and oxygen atoms in total. The lowest BCUT2D eigenvalue weighted by Gasteiger charge is -2.17. The zero-order chi connectivity index (χ0) is 15.5. The van der Waals surface area contributed by atoms with Gasteiger partial charge < -0.3 is 5.11 Å². The Bertz CT molecular complexity index is 571. The highest BCUT2D eigenvalue weighted by atomic mass is 32.2. The molecule has 0 bridgehead atoms. The van der Waals surface area contributed by atoms with Crippen molar-refractivity contribution in [3.8, 4) is 0 Å². The minimum absolute atomic E-state index is 0.356. The Hall–Kier alpha value is -1.55. The maximum atomic E-state index is 12.1. The second kappa shape index (κ2) is 6.27. The predicted molar refractivity (Wildman–Crippen MR) is 64.8 cm³/mol. The fourth-order valence-electron chi connectivity index (χ4n) is 1.43. The van der Waals surface area contributed by atoms with E-state index in [-0.39, 0.29) is 4.90 Å². The van der Waals surface area contributed by atoms with Crippen LogP contribution in [-0.4, -0.2) is 41.7 Å². The summed E-state index contributed by atoms with van der Waals surface area (Å²) in [5.74, 6) is -1.79. The van der Waals surface area contributed by atoms with E-state index in [1.807, 2.05) is 4.72 Å². The molecular weight excluding hydrogens is 296 g/mol. The zero-order valence-electron chi connectivity index (χ0n) is 10.8. The van der Waals surface area contributed by atoms with Crippen LogP contribution in [0.1, 0.15) is 13.8 Å². The third kappa shape index (κ3) is 4.23. The molecule has 0 aromatic carbocycles. The van der Waals surface area contributed by atoms with Crippen LogP contribution in [0.15, 0.2) is 17.3 Å². The Morgan fingerprint density at radius 3 is 2.55 bits per heavy atom. The van der Waals surface area contributed by atoms with Gasteiger partial charge in [-0.15, -0.1) is 0 Å². The van der Waals surface area contributed by atoms with E-state index in [1.165, 1.54) is 0 Å². The van der Waals surface area contributed by atoms with Gasteiger partial charge >= 0.3 is 5.97 Å². The highest BCUT2D eigenvalue weighted by Crippen LogP contribution is 2.12. The van der Waals surface area contributed by atoms with E-state index in [0.29, 0.717) is 0 Å². The predicted octanol–water partition coefficient (Wildman–Crippen LogP) is 0.536. The number of sulfonamides is 1. The van der Waals surface area contributed by atoms with E-state index in [9.17, 15) is 22.0 Å². The molecule has 1 aromatic heterocycles. The van der Waals surface area contributed by atoms with Gasteiger partial charge in [0, 0.05) is 6.20 Å². The van der Waals surface area contributed by atoms with Gasteiger partial charge in [0.15, 0.2) is 0 Å². The molecule has 0 saturated carbocycles. The van der Waals surface area contributed by atoms with Gasteiger partial charge in [-0.25, -0.2) is 17.2 Å². The third-order valence-corrected chi connectivity index (χ3v) is 3.86. The van der Waals surface area contributed by atoms with Crippen LogP contribution in [-0.2, 0) is 21.4 Å². The van der Waals surface area contributed by atoms with Crippen LogP contribution in [0.3, 0.4) is 0 Å². The molecule has 2 N–H and O–H groups in total. The van der Waals surface area contributed by atoms with E-state index in [0.717, 1.165) is 17.1 Å². The van der Waals surface area contributed by atoms with Crippen LogP contribution in [0, 0.1) is 5.92 Å². The van der Waals surface area contributed by atoms with Gasteiger partial charge in [0.25, 0.3) is 6.43 Å². The standard InChI is InChI=1S/C10H15F2N3O4S/c1-6(2)9(10(16)17)14-20(18,19)7-3-13-15(4-7)5-8(11)12/h3-4,6,8-9,14H,5H2,1-2H3,(H,16,17)/t9-/m1/s1. The average molecular weight is 311 g/mol. The van der Waals surface area contributed by atoms with Gasteiger partial charge in [-0.1, -0.05) is 13.8 Å². The number of aliphatic carboxylic acids is 1. The van der Waals surface area contributed by atoms with Gasteiger partial charge in [-0.3, -0.25) is 9.48 Å². The van der Waals surface area contributed by atoms with Crippen molar-refractivity contribution in [1.82, 2.24) is 14.5 Å². The average Bonchev–Trinajstić information content (AvgIpc) is 2.73. The molecule has 1 aromatic rings. The van der Waals surface area contributed by atoms with Crippen LogP contribution < -0.4 is 4.72 Å². The first-order valence-electron chi connectivity index (χ1n) is 5.69. The lowest BCUT2D eigenvalue weighted by atomic mass is 10.1. The van der Waals surface area contributed by atoms with Crippen LogP contribution >= 0.6 is 0 Å². The van der Waals surface area contributed by atoms with Crippen molar-refractivity contribution >= 4 is 16.0 Å². The van der Waals surface area contributed by atoms with Crippen molar-refractivity contribution in [3.05, 3.63) is 12.4 Å². The maximum Gasteiger partial charge on any atom is 0.322 e. The molecule has 1 atom stereocenters. The summed E-state index contributed by atoms with van der Waals surface area (Å²) in [4.78, 5) is 10.6. The lowest BCUT2D eigenvalue weighted by Crippen LogP contribution is -2.44. The number of carbonyl (C=O) groups is 1. The second-order valence-electron chi connectivity index (χ2n) is 4.47. The minimum Gasteiger partial charge on any atom is -0.480 e. The molecule has 0 fully saturated rings. The third-order valence-electron chi connectivity index (χ3n) is 2.46. The molecule has 20 heavy (non-hydrogen) atoms. The van der Waals surface area contributed by atoms with Crippen LogP contribution in [0.4, 0.5) is 8.78 Å². The number of halogens is 2. The monoisotopic (exact) mass is 311 g/mol. The van der Waals surface area contributed by atoms with Crippen molar-refractivity contribution in [2.45, 2.75) is 37.8 Å². The van der Waals surface area contributed by atoms with Gasteiger partial charge in [0.2, 0.25) is 10.0 Å². The second-order valence-corrected chi connectivity index (χ2v) is 6.18. The number of carboxylic acids is 1. The molecule has 10 heteroatoms. The summed E-state index contributed by atoms with van der Waals surface area (Å²) >= 11 is 0. The lowest BCUT2D eigenvalue weighted by molar-refractivity contribution is -0.140. The van der Waals surface area contributed by atoms with E-state index < -0.39 is 40.9 Å². The Labute approximate surface area is 114 Å². The molecule has 0 unspecified atom stereocenters. The molecular formula is C10H15F2N3O4S. The van der Waals surface area contributed by atoms with Crippen LogP contribution in [0.5, 0.6) is 0 Å². The maximum absolute atomic E-state index is 12.1. The SMILES string of the molecule is CC(C)[C@@H](NS(=O)(=O)c1cnn(CC(F)F)c1)C(=O)O. The largest absolute Gasteiger partial charge is 0.480 e. The summed E-state index contributed by atoms with van der Waals surface area (Å²) in [6.45, 7) is 2.35. The quantitative estimate of drug-likeness (QED) is 0.765. The number of rotatable bonds is 7.